The van der Waals surface area contributed by atoms with Crippen LogP contribution in [0.2, 0.25) is 0 Å². The molecule has 0 heterocycles. The van der Waals surface area contributed by atoms with Crippen molar-refractivity contribution >= 4 is 5.78 Å². The zero-order valence-electron chi connectivity index (χ0n) is 6.97. The van der Waals surface area contributed by atoms with Gasteiger partial charge in [0.2, 0.25) is 0 Å². The zero-order chi connectivity index (χ0) is 7.90. The monoisotopic (exact) mass is 150 g/mol. The van der Waals surface area contributed by atoms with Gasteiger partial charge >= 0.3 is 0 Å². The van der Waals surface area contributed by atoms with Crippen LogP contribution in [-0.4, -0.2) is 5.78 Å². The molecule has 0 aliphatic heterocycles. The van der Waals surface area contributed by atoms with Crippen molar-refractivity contribution in [1.82, 2.24) is 0 Å². The molecule has 0 aromatic heterocycles. The molecule has 0 spiro atoms. The van der Waals surface area contributed by atoms with Gasteiger partial charge in [0.05, 0.1) is 0 Å². The Hall–Kier alpha value is -0.590. The smallest absolute Gasteiger partial charge is 0.145 e. The first-order valence-corrected chi connectivity index (χ1v) is 4.43. The molecule has 0 amide bonds. The molecule has 0 radical (unpaired) electrons. The standard InChI is InChI=1S/C10H14O/c1-10-6-2-4-8(9(10)11)5-3-7-10/h2,4,8H,3,5-7H2,1H3. The highest BCUT2D eigenvalue weighted by molar-refractivity contribution is 5.89. The van der Waals surface area contributed by atoms with Crippen molar-refractivity contribution in [1.29, 1.82) is 0 Å². The Morgan fingerprint density at radius 1 is 1.64 bits per heavy atom. The molecular weight excluding hydrogens is 136 g/mol. The van der Waals surface area contributed by atoms with E-state index in [-0.39, 0.29) is 11.3 Å². The van der Waals surface area contributed by atoms with Crippen LogP contribution in [0, 0.1) is 11.3 Å². The molecule has 1 fully saturated rings. The molecule has 1 saturated carbocycles. The molecule has 2 atom stereocenters. The first-order valence-electron chi connectivity index (χ1n) is 4.43. The Balaban J connectivity index is 2.34. The number of hydrogen-bond donors (Lipinski definition) is 0. The first kappa shape index (κ1) is 7.08. The van der Waals surface area contributed by atoms with Crippen molar-refractivity contribution in [2.45, 2.75) is 32.6 Å². The number of ketones is 1. The summed E-state index contributed by atoms with van der Waals surface area (Å²) in [5.74, 6) is 0.758. The van der Waals surface area contributed by atoms with E-state index in [0.29, 0.717) is 5.78 Å². The average molecular weight is 150 g/mol. The van der Waals surface area contributed by atoms with Gasteiger partial charge in [0.1, 0.15) is 5.78 Å². The zero-order valence-corrected chi connectivity index (χ0v) is 6.97. The van der Waals surface area contributed by atoms with E-state index >= 15 is 0 Å². The lowest BCUT2D eigenvalue weighted by molar-refractivity contribution is -0.134. The van der Waals surface area contributed by atoms with Gasteiger partial charge in [-0.2, -0.15) is 0 Å². The summed E-state index contributed by atoms with van der Waals surface area (Å²) in [6.45, 7) is 2.12. The molecule has 1 heteroatoms. The predicted molar refractivity (Wildman–Crippen MR) is 44.2 cm³/mol. The molecule has 2 aliphatic rings. The van der Waals surface area contributed by atoms with Gasteiger partial charge < -0.3 is 0 Å². The van der Waals surface area contributed by atoms with Gasteiger partial charge in [-0.1, -0.05) is 25.5 Å². The Morgan fingerprint density at radius 2 is 2.45 bits per heavy atom. The summed E-state index contributed by atoms with van der Waals surface area (Å²) in [6, 6.07) is 0. The second-order valence-corrected chi connectivity index (χ2v) is 4.06. The third-order valence-corrected chi connectivity index (χ3v) is 3.11. The molecule has 1 nitrogen and oxygen atoms in total. The highest BCUT2D eigenvalue weighted by Gasteiger charge is 2.40. The lowest BCUT2D eigenvalue weighted by atomic mass is 9.65. The molecule has 0 N–H and O–H groups in total. The summed E-state index contributed by atoms with van der Waals surface area (Å²) in [5.41, 5.74) is 0.0116. The van der Waals surface area contributed by atoms with Crippen LogP contribution in [0.15, 0.2) is 12.2 Å². The van der Waals surface area contributed by atoms with Crippen LogP contribution in [0.4, 0.5) is 0 Å². The van der Waals surface area contributed by atoms with Gasteiger partial charge in [-0.15, -0.1) is 0 Å². The summed E-state index contributed by atoms with van der Waals surface area (Å²) < 4.78 is 0. The quantitative estimate of drug-likeness (QED) is 0.484. The Labute approximate surface area is 67.5 Å². The number of carbonyl (C=O) groups is 1. The number of Topliss-reactive ketones (excluding diaryl/α,β-unsaturated/α-hetero) is 1. The maximum Gasteiger partial charge on any atom is 0.145 e. The Kier molecular flexibility index (Phi) is 1.41. The normalized spacial score (nSPS) is 42.6. The van der Waals surface area contributed by atoms with Gasteiger partial charge in [0, 0.05) is 11.3 Å². The molecule has 0 aromatic rings. The van der Waals surface area contributed by atoms with Crippen molar-refractivity contribution in [3.63, 3.8) is 0 Å². The van der Waals surface area contributed by atoms with Crippen molar-refractivity contribution in [3.8, 4) is 0 Å². The fourth-order valence-corrected chi connectivity index (χ4v) is 2.29. The number of hydrogen-bond acceptors (Lipinski definition) is 1. The van der Waals surface area contributed by atoms with Crippen LogP contribution in [0.25, 0.3) is 0 Å². The summed E-state index contributed by atoms with van der Waals surface area (Å²) in [4.78, 5) is 11.7. The van der Waals surface area contributed by atoms with E-state index in [2.05, 4.69) is 19.1 Å². The second kappa shape index (κ2) is 2.20. The van der Waals surface area contributed by atoms with Crippen LogP contribution >= 0.6 is 0 Å². The second-order valence-electron chi connectivity index (χ2n) is 4.06. The minimum Gasteiger partial charge on any atom is -0.298 e. The third-order valence-electron chi connectivity index (χ3n) is 3.11. The van der Waals surface area contributed by atoms with Crippen molar-refractivity contribution < 1.29 is 4.79 Å². The lowest BCUT2D eigenvalue weighted by Crippen LogP contribution is -2.38. The van der Waals surface area contributed by atoms with Crippen LogP contribution in [-0.2, 0) is 4.79 Å². The van der Waals surface area contributed by atoms with Crippen molar-refractivity contribution in [2.24, 2.45) is 11.3 Å². The molecule has 0 saturated heterocycles. The number of carbonyl (C=O) groups excluding carboxylic acids is 1. The predicted octanol–water partition coefficient (Wildman–Crippen LogP) is 2.32. The molecule has 2 aliphatic carbocycles. The van der Waals surface area contributed by atoms with Gasteiger partial charge in [-0.25, -0.2) is 0 Å². The third kappa shape index (κ3) is 0.943. The van der Waals surface area contributed by atoms with E-state index in [1.807, 2.05) is 0 Å². The maximum atomic E-state index is 11.7. The van der Waals surface area contributed by atoms with Crippen molar-refractivity contribution in [2.75, 3.05) is 0 Å². The van der Waals surface area contributed by atoms with Gasteiger partial charge in [0.25, 0.3) is 0 Å². The summed E-state index contributed by atoms with van der Waals surface area (Å²) in [7, 11) is 0. The van der Waals surface area contributed by atoms with Crippen LogP contribution in [0.3, 0.4) is 0 Å². The first-order chi connectivity index (χ1) is 5.22. The fourth-order valence-electron chi connectivity index (χ4n) is 2.29. The van der Waals surface area contributed by atoms with E-state index in [1.54, 1.807) is 0 Å². The van der Waals surface area contributed by atoms with E-state index < -0.39 is 0 Å². The highest BCUT2D eigenvalue weighted by atomic mass is 16.1. The molecule has 2 rings (SSSR count). The molecule has 0 aromatic carbocycles. The van der Waals surface area contributed by atoms with Gasteiger partial charge in [0.15, 0.2) is 0 Å². The molecule has 60 valence electrons. The molecular formula is C10H14O. The van der Waals surface area contributed by atoms with E-state index in [0.717, 1.165) is 19.3 Å². The number of allylic oxidation sites excluding steroid dienone is 2. The van der Waals surface area contributed by atoms with Gasteiger partial charge in [-0.05, 0) is 19.3 Å². The SMILES string of the molecule is CC12CC=CC(CCC1)C2=O. The minimum absolute atomic E-state index is 0.0116. The van der Waals surface area contributed by atoms with Crippen LogP contribution in [0.1, 0.15) is 32.6 Å². The van der Waals surface area contributed by atoms with E-state index in [4.69, 9.17) is 0 Å². The topological polar surface area (TPSA) is 17.1 Å². The van der Waals surface area contributed by atoms with E-state index in [1.165, 1.54) is 6.42 Å². The van der Waals surface area contributed by atoms with Gasteiger partial charge in [-0.3, -0.25) is 4.79 Å². The average Bonchev–Trinajstić information content (AvgIpc) is 1.93. The summed E-state index contributed by atoms with van der Waals surface area (Å²) >= 11 is 0. The Morgan fingerprint density at radius 3 is 3.09 bits per heavy atom. The lowest BCUT2D eigenvalue weighted by Gasteiger charge is -2.37. The maximum absolute atomic E-state index is 11.7. The van der Waals surface area contributed by atoms with E-state index in [9.17, 15) is 4.79 Å². The summed E-state index contributed by atoms with van der Waals surface area (Å²) in [6.07, 6.45) is 8.69. The highest BCUT2D eigenvalue weighted by Crippen LogP contribution is 2.42. The summed E-state index contributed by atoms with van der Waals surface area (Å²) in [5, 5.41) is 0. The molecule has 2 bridgehead atoms. The van der Waals surface area contributed by atoms with Crippen LogP contribution in [0.5, 0.6) is 0 Å². The van der Waals surface area contributed by atoms with Crippen LogP contribution < -0.4 is 0 Å². The largest absolute Gasteiger partial charge is 0.298 e. The molecule has 11 heavy (non-hydrogen) atoms. The molecule has 2 unspecified atom stereocenters. The Bertz CT molecular complexity index is 217. The minimum atomic E-state index is 0.0116. The fraction of sp³-hybridized carbons (Fsp3) is 0.700. The number of fused-ring (bicyclic) bond motifs is 2. The van der Waals surface area contributed by atoms with Crippen molar-refractivity contribution in [3.05, 3.63) is 12.2 Å². The number of rotatable bonds is 0.